The lowest BCUT2D eigenvalue weighted by Gasteiger charge is -2.39. The molecule has 0 spiro atoms. The molecule has 5 rings (SSSR count). The maximum absolute atomic E-state index is 11.2. The SMILES string of the molecule is N#C/C(=C\c1ccc2c(c1)CCCN2c1cc2c3c(c1)CCCN3CCC2)C(=O)O. The minimum absolute atomic E-state index is 0.235. The molecule has 0 bridgehead atoms. The molecule has 0 saturated heterocycles. The number of aryl methyl sites for hydroxylation is 3. The van der Waals surface area contributed by atoms with Gasteiger partial charge in [0.15, 0.2) is 0 Å². The number of fused-ring (bicyclic) bond motifs is 1. The molecule has 5 heteroatoms. The van der Waals surface area contributed by atoms with Gasteiger partial charge in [0.25, 0.3) is 0 Å². The van der Waals surface area contributed by atoms with Crippen LogP contribution >= 0.6 is 0 Å². The first-order valence-electron chi connectivity index (χ1n) is 10.8. The standard InChI is InChI=1S/C25H25N3O2/c26-16-21(25(29)30)13-17-7-8-23-18(12-17)4-3-11-28(23)22-14-19-5-1-9-27-10-2-6-20(15-22)24(19)27/h7-8,12-15H,1-6,9-11H2,(H,29,30)/b21-13+. The summed E-state index contributed by atoms with van der Waals surface area (Å²) in [6.07, 6.45) is 8.25. The summed E-state index contributed by atoms with van der Waals surface area (Å²) in [6, 6.07) is 12.6. The molecule has 30 heavy (non-hydrogen) atoms. The number of hydrogen-bond acceptors (Lipinski definition) is 4. The van der Waals surface area contributed by atoms with Crippen LogP contribution in [0.2, 0.25) is 0 Å². The van der Waals surface area contributed by atoms with Crippen LogP contribution in [0.5, 0.6) is 0 Å². The van der Waals surface area contributed by atoms with Crippen molar-refractivity contribution >= 4 is 29.1 Å². The van der Waals surface area contributed by atoms with E-state index < -0.39 is 5.97 Å². The number of nitrogens with zero attached hydrogens (tertiary/aromatic N) is 3. The maximum Gasteiger partial charge on any atom is 0.346 e. The molecule has 0 saturated carbocycles. The van der Waals surface area contributed by atoms with Crippen LogP contribution in [0.25, 0.3) is 6.08 Å². The lowest BCUT2D eigenvalue weighted by Crippen LogP contribution is -2.35. The fourth-order valence-electron chi connectivity index (χ4n) is 5.22. The predicted molar refractivity (Wildman–Crippen MR) is 118 cm³/mol. The highest BCUT2D eigenvalue weighted by Crippen LogP contribution is 2.41. The van der Waals surface area contributed by atoms with Crippen molar-refractivity contribution in [3.63, 3.8) is 0 Å². The highest BCUT2D eigenvalue weighted by Gasteiger charge is 2.26. The second-order valence-corrected chi connectivity index (χ2v) is 8.43. The van der Waals surface area contributed by atoms with Gasteiger partial charge < -0.3 is 14.9 Å². The number of carbonyl (C=O) groups is 1. The van der Waals surface area contributed by atoms with Gasteiger partial charge in [-0.05, 0) is 91.1 Å². The van der Waals surface area contributed by atoms with Crippen molar-refractivity contribution in [1.82, 2.24) is 0 Å². The zero-order chi connectivity index (χ0) is 20.7. The number of rotatable bonds is 3. The van der Waals surface area contributed by atoms with Gasteiger partial charge in [0, 0.05) is 36.7 Å². The molecule has 0 radical (unpaired) electrons. The molecule has 3 aliphatic rings. The Kier molecular flexibility index (Phi) is 4.71. The zero-order valence-corrected chi connectivity index (χ0v) is 17.0. The highest BCUT2D eigenvalue weighted by atomic mass is 16.4. The molecule has 3 aliphatic heterocycles. The Morgan fingerprint density at radius 1 is 0.967 bits per heavy atom. The third-order valence-electron chi connectivity index (χ3n) is 6.51. The van der Waals surface area contributed by atoms with Crippen LogP contribution in [0, 0.1) is 11.3 Å². The zero-order valence-electron chi connectivity index (χ0n) is 17.0. The molecule has 3 heterocycles. The predicted octanol–water partition coefficient (Wildman–Crippen LogP) is 4.46. The van der Waals surface area contributed by atoms with E-state index in [-0.39, 0.29) is 5.57 Å². The van der Waals surface area contributed by atoms with Gasteiger partial charge in [-0.2, -0.15) is 5.26 Å². The minimum atomic E-state index is -1.19. The van der Waals surface area contributed by atoms with Gasteiger partial charge in [-0.1, -0.05) is 6.07 Å². The normalized spacial score (nSPS) is 17.8. The number of benzene rings is 2. The number of carboxylic acid groups (broad SMARTS) is 1. The average molecular weight is 399 g/mol. The van der Waals surface area contributed by atoms with Crippen molar-refractivity contribution in [3.8, 4) is 6.07 Å². The third-order valence-corrected chi connectivity index (χ3v) is 6.51. The average Bonchev–Trinajstić information content (AvgIpc) is 2.77. The summed E-state index contributed by atoms with van der Waals surface area (Å²) in [5, 5.41) is 18.2. The van der Waals surface area contributed by atoms with Gasteiger partial charge in [-0.15, -0.1) is 0 Å². The smallest absolute Gasteiger partial charge is 0.346 e. The van der Waals surface area contributed by atoms with Crippen molar-refractivity contribution in [2.24, 2.45) is 0 Å². The lowest BCUT2D eigenvalue weighted by molar-refractivity contribution is -0.132. The first kappa shape index (κ1) is 18.7. The van der Waals surface area contributed by atoms with E-state index in [0.717, 1.165) is 37.8 Å². The largest absolute Gasteiger partial charge is 0.477 e. The summed E-state index contributed by atoms with van der Waals surface area (Å²) in [5.41, 5.74) is 8.69. The number of nitriles is 1. The van der Waals surface area contributed by atoms with E-state index in [2.05, 4.69) is 28.0 Å². The van der Waals surface area contributed by atoms with Crippen LogP contribution in [-0.2, 0) is 24.1 Å². The van der Waals surface area contributed by atoms with Crippen molar-refractivity contribution in [3.05, 3.63) is 58.2 Å². The molecule has 0 aliphatic carbocycles. The van der Waals surface area contributed by atoms with Crippen molar-refractivity contribution in [1.29, 1.82) is 5.26 Å². The Morgan fingerprint density at radius 2 is 1.63 bits per heavy atom. The van der Waals surface area contributed by atoms with Gasteiger partial charge in [-0.25, -0.2) is 4.79 Å². The monoisotopic (exact) mass is 399 g/mol. The molecule has 0 atom stereocenters. The fraction of sp³-hybridized carbons (Fsp3) is 0.360. The van der Waals surface area contributed by atoms with Crippen LogP contribution in [0.3, 0.4) is 0 Å². The molecular weight excluding hydrogens is 374 g/mol. The Balaban J connectivity index is 1.53. The summed E-state index contributed by atoms with van der Waals surface area (Å²) in [4.78, 5) is 16.1. The second-order valence-electron chi connectivity index (χ2n) is 8.43. The summed E-state index contributed by atoms with van der Waals surface area (Å²) < 4.78 is 0. The van der Waals surface area contributed by atoms with E-state index in [1.54, 1.807) is 6.07 Å². The first-order chi connectivity index (χ1) is 14.6. The number of carboxylic acids is 1. The number of aliphatic carboxylic acids is 1. The van der Waals surface area contributed by atoms with Crippen molar-refractivity contribution in [2.75, 3.05) is 29.4 Å². The highest BCUT2D eigenvalue weighted by molar-refractivity contribution is 5.96. The molecule has 0 aromatic heterocycles. The molecule has 2 aromatic rings. The van der Waals surface area contributed by atoms with Crippen LogP contribution in [0.1, 0.15) is 41.5 Å². The Labute approximate surface area is 176 Å². The molecular formula is C25H25N3O2. The molecule has 0 unspecified atom stereocenters. The third kappa shape index (κ3) is 3.23. The van der Waals surface area contributed by atoms with Crippen LogP contribution < -0.4 is 9.80 Å². The molecule has 152 valence electrons. The maximum atomic E-state index is 11.2. The Bertz CT molecular complexity index is 1070. The quantitative estimate of drug-likeness (QED) is 0.610. The fourth-order valence-corrected chi connectivity index (χ4v) is 5.22. The second kappa shape index (κ2) is 7.53. The van der Waals surface area contributed by atoms with E-state index in [9.17, 15) is 4.79 Å². The van der Waals surface area contributed by atoms with Crippen LogP contribution in [0.4, 0.5) is 17.1 Å². The molecule has 1 N–H and O–H groups in total. The van der Waals surface area contributed by atoms with Crippen molar-refractivity contribution in [2.45, 2.75) is 38.5 Å². The van der Waals surface area contributed by atoms with E-state index in [1.807, 2.05) is 12.1 Å². The molecule has 0 amide bonds. The Morgan fingerprint density at radius 3 is 2.30 bits per heavy atom. The summed E-state index contributed by atoms with van der Waals surface area (Å²) >= 11 is 0. The van der Waals surface area contributed by atoms with Crippen LogP contribution in [0.15, 0.2) is 35.9 Å². The number of anilines is 3. The van der Waals surface area contributed by atoms with Gasteiger partial charge in [-0.3, -0.25) is 0 Å². The van der Waals surface area contributed by atoms with E-state index in [4.69, 9.17) is 10.4 Å². The summed E-state index contributed by atoms with van der Waals surface area (Å²) in [5.74, 6) is -1.19. The minimum Gasteiger partial charge on any atom is -0.477 e. The van der Waals surface area contributed by atoms with E-state index in [1.165, 1.54) is 65.8 Å². The summed E-state index contributed by atoms with van der Waals surface area (Å²) in [7, 11) is 0. The molecule has 5 nitrogen and oxygen atoms in total. The van der Waals surface area contributed by atoms with Gasteiger partial charge in [0.05, 0.1) is 0 Å². The van der Waals surface area contributed by atoms with Crippen molar-refractivity contribution < 1.29 is 9.90 Å². The van der Waals surface area contributed by atoms with E-state index in [0.29, 0.717) is 0 Å². The van der Waals surface area contributed by atoms with Crippen LogP contribution in [-0.4, -0.2) is 30.7 Å². The molecule has 2 aromatic carbocycles. The topological polar surface area (TPSA) is 67.6 Å². The number of hydrogen-bond donors (Lipinski definition) is 1. The van der Waals surface area contributed by atoms with Gasteiger partial charge in [0.2, 0.25) is 0 Å². The summed E-state index contributed by atoms with van der Waals surface area (Å²) in [6.45, 7) is 3.36. The lowest BCUT2D eigenvalue weighted by atomic mass is 9.90. The molecule has 0 fully saturated rings. The first-order valence-corrected chi connectivity index (χ1v) is 10.8. The van der Waals surface area contributed by atoms with Gasteiger partial charge in [0.1, 0.15) is 11.6 Å². The Hall–Kier alpha value is -3.26. The van der Waals surface area contributed by atoms with E-state index >= 15 is 0 Å². The van der Waals surface area contributed by atoms with Gasteiger partial charge >= 0.3 is 5.97 Å².